The predicted octanol–water partition coefficient (Wildman–Crippen LogP) is 2.77. The molecule has 11 heteroatoms. The van der Waals surface area contributed by atoms with Crippen molar-refractivity contribution in [2.75, 3.05) is 64.3 Å². The Labute approximate surface area is 227 Å². The first-order chi connectivity index (χ1) is 19.0. The zero-order valence-electron chi connectivity index (χ0n) is 22.4. The Hall–Kier alpha value is -4.09. The number of aromatic nitrogens is 3. The minimum Gasteiger partial charge on any atom is -0.378 e. The SMILES string of the molecule is CC=N/C(=C\C)c1ccnc(Nc2ccc3[nH]c(C(=O)N4CCN(CC(=O)N5CCOCC5)CC4)cc3c2)n1. The first kappa shape index (κ1) is 26.5. The van der Waals surface area contributed by atoms with Crippen LogP contribution < -0.4 is 5.32 Å². The number of H-pyrrole nitrogens is 1. The van der Waals surface area contributed by atoms with Crippen molar-refractivity contribution in [1.29, 1.82) is 0 Å². The highest BCUT2D eigenvalue weighted by molar-refractivity contribution is 5.98. The number of nitrogens with one attached hydrogen (secondary N) is 2. The normalized spacial score (nSPS) is 17.2. The number of carbonyl (C=O) groups excluding carboxylic acids is 2. The monoisotopic (exact) mass is 530 g/mol. The Kier molecular flexibility index (Phi) is 8.28. The second kappa shape index (κ2) is 12.2. The van der Waals surface area contributed by atoms with Crippen molar-refractivity contribution in [3.63, 3.8) is 0 Å². The Morgan fingerprint density at radius 3 is 2.59 bits per heavy atom. The maximum atomic E-state index is 13.2. The Morgan fingerprint density at radius 1 is 1.05 bits per heavy atom. The van der Waals surface area contributed by atoms with Gasteiger partial charge in [0.1, 0.15) is 5.69 Å². The molecule has 2 aliphatic rings. The molecular weight excluding hydrogens is 496 g/mol. The molecule has 0 aliphatic carbocycles. The molecule has 0 unspecified atom stereocenters. The van der Waals surface area contributed by atoms with Crippen LogP contribution in [0, 0.1) is 0 Å². The van der Waals surface area contributed by atoms with Gasteiger partial charge >= 0.3 is 0 Å². The van der Waals surface area contributed by atoms with Crippen LogP contribution in [0.4, 0.5) is 11.6 Å². The largest absolute Gasteiger partial charge is 0.378 e. The number of aromatic amines is 1. The number of piperazine rings is 1. The molecule has 3 aromatic rings. The molecule has 2 amide bonds. The number of rotatable bonds is 7. The van der Waals surface area contributed by atoms with Crippen LogP contribution in [0.2, 0.25) is 0 Å². The summed E-state index contributed by atoms with van der Waals surface area (Å²) in [6, 6.07) is 9.53. The molecule has 4 heterocycles. The summed E-state index contributed by atoms with van der Waals surface area (Å²) in [5.74, 6) is 0.563. The fraction of sp³-hybridized carbons (Fsp3) is 0.393. The van der Waals surface area contributed by atoms with Gasteiger partial charge in [0.2, 0.25) is 11.9 Å². The second-order valence-electron chi connectivity index (χ2n) is 9.50. The summed E-state index contributed by atoms with van der Waals surface area (Å²) in [5, 5.41) is 4.17. The van der Waals surface area contributed by atoms with E-state index >= 15 is 0 Å². The van der Waals surface area contributed by atoms with E-state index in [4.69, 9.17) is 4.74 Å². The van der Waals surface area contributed by atoms with Crippen molar-refractivity contribution in [2.45, 2.75) is 13.8 Å². The summed E-state index contributed by atoms with van der Waals surface area (Å²) in [6.07, 6.45) is 5.33. The second-order valence-corrected chi connectivity index (χ2v) is 9.50. The van der Waals surface area contributed by atoms with Crippen molar-refractivity contribution in [3.8, 4) is 0 Å². The molecule has 5 rings (SSSR count). The van der Waals surface area contributed by atoms with Crippen LogP contribution in [0.3, 0.4) is 0 Å². The summed E-state index contributed by atoms with van der Waals surface area (Å²) in [5.41, 5.74) is 3.75. The van der Waals surface area contributed by atoms with Crippen LogP contribution in [0.15, 0.2) is 47.6 Å². The van der Waals surface area contributed by atoms with Crippen LogP contribution in [-0.4, -0.2) is 107 Å². The molecule has 11 nitrogen and oxygen atoms in total. The molecule has 1 aromatic carbocycles. The topological polar surface area (TPSA) is 119 Å². The third-order valence-corrected chi connectivity index (χ3v) is 6.95. The Morgan fingerprint density at radius 2 is 1.85 bits per heavy atom. The first-order valence-electron chi connectivity index (χ1n) is 13.3. The van der Waals surface area contributed by atoms with E-state index in [0.29, 0.717) is 70.7 Å². The zero-order valence-corrected chi connectivity index (χ0v) is 22.4. The van der Waals surface area contributed by atoms with E-state index in [0.717, 1.165) is 28.0 Å². The third-order valence-electron chi connectivity index (χ3n) is 6.95. The number of aliphatic imine (C=N–C) groups is 1. The van der Waals surface area contributed by atoms with Crippen LogP contribution in [0.1, 0.15) is 30.0 Å². The van der Waals surface area contributed by atoms with Crippen molar-refractivity contribution in [1.82, 2.24) is 29.7 Å². The lowest BCUT2D eigenvalue weighted by Crippen LogP contribution is -2.52. The molecule has 2 aliphatic heterocycles. The average molecular weight is 531 g/mol. The minimum atomic E-state index is -0.0359. The van der Waals surface area contributed by atoms with Gasteiger partial charge in [0.05, 0.1) is 31.1 Å². The molecule has 0 atom stereocenters. The number of fused-ring (bicyclic) bond motifs is 1. The predicted molar refractivity (Wildman–Crippen MR) is 151 cm³/mol. The van der Waals surface area contributed by atoms with E-state index in [1.54, 1.807) is 12.4 Å². The summed E-state index contributed by atoms with van der Waals surface area (Å²) in [6.45, 7) is 9.20. The average Bonchev–Trinajstić information content (AvgIpc) is 3.40. The van der Waals surface area contributed by atoms with Gasteiger partial charge in [0.15, 0.2) is 0 Å². The first-order valence-corrected chi connectivity index (χ1v) is 13.3. The fourth-order valence-corrected chi connectivity index (χ4v) is 4.83. The maximum Gasteiger partial charge on any atom is 0.270 e. The lowest BCUT2D eigenvalue weighted by atomic mass is 10.2. The number of amides is 2. The van der Waals surface area contributed by atoms with Gasteiger partial charge in [0, 0.05) is 68.3 Å². The molecule has 39 heavy (non-hydrogen) atoms. The molecular formula is C28H34N8O3. The summed E-state index contributed by atoms with van der Waals surface area (Å²) in [7, 11) is 0. The lowest BCUT2D eigenvalue weighted by Gasteiger charge is -2.35. The summed E-state index contributed by atoms with van der Waals surface area (Å²) in [4.78, 5) is 48.1. The highest BCUT2D eigenvalue weighted by Gasteiger charge is 2.26. The number of hydrogen-bond acceptors (Lipinski definition) is 8. The molecule has 204 valence electrons. The van der Waals surface area contributed by atoms with Crippen molar-refractivity contribution in [3.05, 3.63) is 54.0 Å². The maximum absolute atomic E-state index is 13.2. The van der Waals surface area contributed by atoms with Crippen molar-refractivity contribution >= 4 is 46.3 Å². The van der Waals surface area contributed by atoms with Gasteiger partial charge in [-0.25, -0.2) is 9.97 Å². The fourth-order valence-electron chi connectivity index (χ4n) is 4.83. The Balaban J connectivity index is 1.20. The van der Waals surface area contributed by atoms with Gasteiger partial charge in [-0.15, -0.1) is 0 Å². The number of carbonyl (C=O) groups is 2. The van der Waals surface area contributed by atoms with E-state index in [1.165, 1.54) is 0 Å². The standard InChI is InChI=1S/C28H34N8O3/c1-3-22(29-4-2)24-7-8-30-28(33-24)31-21-5-6-23-20(17-21)18-25(32-23)27(38)36-11-9-34(10-12-36)19-26(37)35-13-15-39-16-14-35/h3-8,17-18,32H,9-16,19H2,1-2H3,(H,30,31,33)/b22-3-,29-4?. The molecule has 0 spiro atoms. The molecule has 0 saturated carbocycles. The number of ether oxygens (including phenoxy) is 1. The summed E-state index contributed by atoms with van der Waals surface area (Å²) >= 11 is 0. The van der Waals surface area contributed by atoms with E-state index in [2.05, 4.69) is 30.2 Å². The van der Waals surface area contributed by atoms with Gasteiger partial charge in [-0.1, -0.05) is 6.08 Å². The number of nitrogens with zero attached hydrogens (tertiary/aromatic N) is 6. The van der Waals surface area contributed by atoms with Crippen LogP contribution >= 0.6 is 0 Å². The van der Waals surface area contributed by atoms with Gasteiger partial charge in [-0.05, 0) is 44.2 Å². The lowest BCUT2D eigenvalue weighted by molar-refractivity contribution is -0.136. The zero-order chi connectivity index (χ0) is 27.2. The molecule has 0 radical (unpaired) electrons. The van der Waals surface area contributed by atoms with Crippen LogP contribution in [0.5, 0.6) is 0 Å². The molecule has 2 N–H and O–H groups in total. The number of hydrogen-bond donors (Lipinski definition) is 2. The third kappa shape index (κ3) is 6.32. The highest BCUT2D eigenvalue weighted by Crippen LogP contribution is 2.24. The van der Waals surface area contributed by atoms with E-state index in [1.807, 2.05) is 60.1 Å². The van der Waals surface area contributed by atoms with Crippen molar-refractivity contribution in [2.24, 2.45) is 4.99 Å². The molecule has 2 aromatic heterocycles. The molecule has 0 bridgehead atoms. The summed E-state index contributed by atoms with van der Waals surface area (Å²) < 4.78 is 5.33. The van der Waals surface area contributed by atoms with Gasteiger partial charge < -0.3 is 24.8 Å². The Bertz CT molecular complexity index is 1380. The van der Waals surface area contributed by atoms with E-state index in [9.17, 15) is 9.59 Å². The minimum absolute atomic E-state index is 0.0359. The van der Waals surface area contributed by atoms with Gasteiger partial charge in [0.25, 0.3) is 5.91 Å². The number of morpholine rings is 1. The quantitative estimate of drug-likeness (QED) is 0.451. The van der Waals surface area contributed by atoms with Crippen molar-refractivity contribution < 1.29 is 14.3 Å². The smallest absolute Gasteiger partial charge is 0.270 e. The number of allylic oxidation sites excluding steroid dienone is 1. The molecule has 2 fully saturated rings. The van der Waals surface area contributed by atoms with E-state index in [-0.39, 0.29) is 11.8 Å². The molecule has 2 saturated heterocycles. The number of benzene rings is 1. The highest BCUT2D eigenvalue weighted by atomic mass is 16.5. The number of anilines is 2. The van der Waals surface area contributed by atoms with Gasteiger partial charge in [-0.3, -0.25) is 19.5 Å². The van der Waals surface area contributed by atoms with Crippen LogP contribution in [0.25, 0.3) is 16.6 Å². The van der Waals surface area contributed by atoms with E-state index < -0.39 is 0 Å². The van der Waals surface area contributed by atoms with Gasteiger partial charge in [-0.2, -0.15) is 0 Å². The van der Waals surface area contributed by atoms with Crippen LogP contribution in [-0.2, 0) is 9.53 Å².